The Bertz CT molecular complexity index is 386. The Morgan fingerprint density at radius 2 is 2.20 bits per heavy atom. The van der Waals surface area contributed by atoms with Gasteiger partial charge in [0.25, 0.3) is 0 Å². The number of hydrogen-bond donors (Lipinski definition) is 1. The predicted octanol–water partition coefficient (Wildman–Crippen LogP) is 2.09. The van der Waals surface area contributed by atoms with Crippen molar-refractivity contribution in [2.24, 2.45) is 0 Å². The zero-order chi connectivity index (χ0) is 14.2. The van der Waals surface area contributed by atoms with Crippen LogP contribution in [0.3, 0.4) is 0 Å². The van der Waals surface area contributed by atoms with Crippen molar-refractivity contribution in [3.8, 4) is 0 Å². The fourth-order valence-corrected chi connectivity index (χ4v) is 2.42. The van der Waals surface area contributed by atoms with E-state index < -0.39 is 0 Å². The quantitative estimate of drug-likeness (QED) is 0.866. The van der Waals surface area contributed by atoms with Crippen molar-refractivity contribution in [1.29, 1.82) is 0 Å². The van der Waals surface area contributed by atoms with Crippen LogP contribution in [0.4, 0.5) is 4.79 Å². The number of urea groups is 1. The van der Waals surface area contributed by atoms with Gasteiger partial charge in [-0.1, -0.05) is 0 Å². The number of ether oxygens (including phenoxy) is 1. The highest BCUT2D eigenvalue weighted by Gasteiger charge is 2.15. The van der Waals surface area contributed by atoms with E-state index in [1.54, 1.807) is 4.90 Å². The van der Waals surface area contributed by atoms with Crippen molar-refractivity contribution in [1.82, 2.24) is 14.8 Å². The van der Waals surface area contributed by atoms with Crippen LogP contribution in [0.5, 0.6) is 0 Å². The van der Waals surface area contributed by atoms with Gasteiger partial charge in [0.05, 0.1) is 6.10 Å². The van der Waals surface area contributed by atoms with Gasteiger partial charge in [0.15, 0.2) is 0 Å². The van der Waals surface area contributed by atoms with Crippen LogP contribution in [0, 0.1) is 0 Å². The van der Waals surface area contributed by atoms with Crippen LogP contribution in [0.1, 0.15) is 25.7 Å². The van der Waals surface area contributed by atoms with Gasteiger partial charge in [-0.2, -0.15) is 0 Å². The number of nitrogens with one attached hydrogen (secondary N) is 1. The zero-order valence-electron chi connectivity index (χ0n) is 12.3. The van der Waals surface area contributed by atoms with Crippen molar-refractivity contribution in [2.45, 2.75) is 38.3 Å². The third-order valence-electron chi connectivity index (χ3n) is 3.72. The van der Waals surface area contributed by atoms with E-state index in [-0.39, 0.29) is 6.03 Å². The molecule has 1 fully saturated rings. The van der Waals surface area contributed by atoms with Gasteiger partial charge in [-0.05, 0) is 37.8 Å². The Morgan fingerprint density at radius 1 is 1.40 bits per heavy atom. The third kappa shape index (κ3) is 4.89. The molecule has 0 radical (unpaired) electrons. The van der Waals surface area contributed by atoms with E-state index in [9.17, 15) is 4.79 Å². The van der Waals surface area contributed by atoms with E-state index in [0.717, 1.165) is 32.5 Å². The number of nitrogens with zero attached hydrogens (tertiary/aromatic N) is 2. The summed E-state index contributed by atoms with van der Waals surface area (Å²) in [6, 6.07) is 3.96. The SMILES string of the molecule is CN(CC[C@@H]1CCCCO1)C(=O)NCCn1cccc1. The summed E-state index contributed by atoms with van der Waals surface area (Å²) in [7, 11) is 1.84. The van der Waals surface area contributed by atoms with Crippen molar-refractivity contribution >= 4 is 6.03 Å². The van der Waals surface area contributed by atoms with Crippen molar-refractivity contribution < 1.29 is 9.53 Å². The molecule has 2 heterocycles. The molecule has 2 amide bonds. The van der Waals surface area contributed by atoms with Crippen LogP contribution < -0.4 is 5.32 Å². The van der Waals surface area contributed by atoms with Crippen LogP contribution in [-0.2, 0) is 11.3 Å². The van der Waals surface area contributed by atoms with Crippen molar-refractivity contribution in [2.75, 3.05) is 26.7 Å². The van der Waals surface area contributed by atoms with Crippen LogP contribution >= 0.6 is 0 Å². The molecule has 5 nitrogen and oxygen atoms in total. The maximum atomic E-state index is 11.9. The zero-order valence-corrected chi connectivity index (χ0v) is 12.3. The lowest BCUT2D eigenvalue weighted by Crippen LogP contribution is -2.40. The fourth-order valence-electron chi connectivity index (χ4n) is 2.42. The molecule has 5 heteroatoms. The van der Waals surface area contributed by atoms with Crippen molar-refractivity contribution in [3.05, 3.63) is 24.5 Å². The van der Waals surface area contributed by atoms with Gasteiger partial charge in [-0.3, -0.25) is 0 Å². The summed E-state index contributed by atoms with van der Waals surface area (Å²) in [4.78, 5) is 13.7. The number of carbonyl (C=O) groups is 1. The number of rotatable bonds is 6. The van der Waals surface area contributed by atoms with Gasteiger partial charge in [0.2, 0.25) is 0 Å². The molecule has 0 spiro atoms. The molecule has 1 aromatic rings. The molecule has 1 N–H and O–H groups in total. The molecule has 2 rings (SSSR count). The number of amides is 2. The fraction of sp³-hybridized carbons (Fsp3) is 0.667. The van der Waals surface area contributed by atoms with Gasteiger partial charge in [-0.15, -0.1) is 0 Å². The third-order valence-corrected chi connectivity index (χ3v) is 3.72. The molecule has 1 atom stereocenters. The van der Waals surface area contributed by atoms with E-state index in [4.69, 9.17) is 4.74 Å². The first-order valence-electron chi connectivity index (χ1n) is 7.47. The average Bonchev–Trinajstić information content (AvgIpc) is 2.99. The normalized spacial score (nSPS) is 18.8. The first-order valence-corrected chi connectivity index (χ1v) is 7.47. The summed E-state index contributed by atoms with van der Waals surface area (Å²) in [5.41, 5.74) is 0. The van der Waals surface area contributed by atoms with E-state index in [2.05, 4.69) is 9.88 Å². The molecular weight excluding hydrogens is 254 g/mol. The van der Waals surface area contributed by atoms with Gasteiger partial charge in [0.1, 0.15) is 0 Å². The minimum absolute atomic E-state index is 0.00651. The molecule has 0 unspecified atom stereocenters. The van der Waals surface area contributed by atoms with Gasteiger partial charge >= 0.3 is 6.03 Å². The molecule has 0 bridgehead atoms. The standard InChI is InChI=1S/C15H25N3O2/c1-17(11-7-14-6-2-5-13-20-14)15(19)16-8-12-18-9-3-4-10-18/h3-4,9-10,14H,2,5-8,11-13H2,1H3,(H,16,19)/t14-/m0/s1. The molecule has 1 aliphatic rings. The second kappa shape index (κ2) is 7.94. The van der Waals surface area contributed by atoms with E-state index in [0.29, 0.717) is 12.6 Å². The lowest BCUT2D eigenvalue weighted by atomic mass is 10.1. The van der Waals surface area contributed by atoms with Gasteiger partial charge < -0.3 is 19.5 Å². The highest BCUT2D eigenvalue weighted by atomic mass is 16.5. The Kier molecular flexibility index (Phi) is 5.92. The molecule has 1 aromatic heterocycles. The topological polar surface area (TPSA) is 46.5 Å². The van der Waals surface area contributed by atoms with E-state index >= 15 is 0 Å². The summed E-state index contributed by atoms with van der Waals surface area (Å²) in [5.74, 6) is 0. The Morgan fingerprint density at radius 3 is 2.90 bits per heavy atom. The highest BCUT2D eigenvalue weighted by Crippen LogP contribution is 2.15. The molecule has 0 saturated carbocycles. The minimum atomic E-state index is -0.00651. The minimum Gasteiger partial charge on any atom is -0.378 e. The predicted molar refractivity (Wildman–Crippen MR) is 78.7 cm³/mol. The molecule has 0 aliphatic carbocycles. The van der Waals surface area contributed by atoms with Crippen LogP contribution in [-0.4, -0.2) is 48.3 Å². The lowest BCUT2D eigenvalue weighted by molar-refractivity contribution is 0.00828. The van der Waals surface area contributed by atoms with Crippen LogP contribution in [0.2, 0.25) is 0 Å². The monoisotopic (exact) mass is 279 g/mol. The first-order chi connectivity index (χ1) is 9.75. The molecule has 20 heavy (non-hydrogen) atoms. The van der Waals surface area contributed by atoms with Gasteiger partial charge in [0, 0.05) is 45.7 Å². The summed E-state index contributed by atoms with van der Waals surface area (Å²) < 4.78 is 7.73. The Balaban J connectivity index is 1.58. The average molecular weight is 279 g/mol. The van der Waals surface area contributed by atoms with E-state index in [1.807, 2.05) is 31.6 Å². The summed E-state index contributed by atoms with van der Waals surface area (Å²) in [6.45, 7) is 3.08. The van der Waals surface area contributed by atoms with E-state index in [1.165, 1.54) is 12.8 Å². The number of aromatic nitrogens is 1. The van der Waals surface area contributed by atoms with Crippen molar-refractivity contribution in [3.63, 3.8) is 0 Å². The Labute approximate surface area is 120 Å². The summed E-state index contributed by atoms with van der Waals surface area (Å²) in [6.07, 6.45) is 8.81. The van der Waals surface area contributed by atoms with Crippen LogP contribution in [0.15, 0.2) is 24.5 Å². The molecule has 1 aliphatic heterocycles. The summed E-state index contributed by atoms with van der Waals surface area (Å²) >= 11 is 0. The largest absolute Gasteiger partial charge is 0.378 e. The highest BCUT2D eigenvalue weighted by molar-refractivity contribution is 5.73. The first kappa shape index (κ1) is 14.9. The molecule has 0 aromatic carbocycles. The maximum Gasteiger partial charge on any atom is 0.317 e. The molecular formula is C15H25N3O2. The maximum absolute atomic E-state index is 11.9. The molecule has 1 saturated heterocycles. The number of hydrogen-bond acceptors (Lipinski definition) is 2. The Hall–Kier alpha value is -1.49. The lowest BCUT2D eigenvalue weighted by Gasteiger charge is -2.25. The van der Waals surface area contributed by atoms with Gasteiger partial charge in [-0.25, -0.2) is 4.79 Å². The second-order valence-corrected chi connectivity index (χ2v) is 5.35. The van der Waals surface area contributed by atoms with Crippen LogP contribution in [0.25, 0.3) is 0 Å². The second-order valence-electron chi connectivity index (χ2n) is 5.35. The number of carbonyl (C=O) groups excluding carboxylic acids is 1. The smallest absolute Gasteiger partial charge is 0.317 e. The summed E-state index contributed by atoms with van der Waals surface area (Å²) in [5, 5.41) is 2.93. The molecule has 112 valence electrons.